The van der Waals surface area contributed by atoms with E-state index in [0.29, 0.717) is 25.7 Å². The Balaban J connectivity index is 2.16. The molecule has 0 aliphatic heterocycles. The SMILES string of the molecule is O=C(O)C1(CCCCO)CCc2ccccc2C1. The van der Waals surface area contributed by atoms with Gasteiger partial charge in [-0.25, -0.2) is 0 Å². The smallest absolute Gasteiger partial charge is 0.309 e. The second-order valence-electron chi connectivity index (χ2n) is 5.21. The maximum absolute atomic E-state index is 11.6. The first-order valence-electron chi connectivity index (χ1n) is 6.59. The third-order valence-electron chi connectivity index (χ3n) is 4.04. The molecule has 0 saturated carbocycles. The molecular formula is C15H20O3. The lowest BCUT2D eigenvalue weighted by molar-refractivity contribution is -0.150. The molecule has 0 aromatic heterocycles. The number of fused-ring (bicyclic) bond motifs is 1. The molecule has 1 unspecified atom stereocenters. The van der Waals surface area contributed by atoms with E-state index in [0.717, 1.165) is 12.8 Å². The average molecular weight is 248 g/mol. The second kappa shape index (κ2) is 5.53. The van der Waals surface area contributed by atoms with Gasteiger partial charge in [0.2, 0.25) is 0 Å². The van der Waals surface area contributed by atoms with Crippen molar-refractivity contribution in [2.75, 3.05) is 6.61 Å². The highest BCUT2D eigenvalue weighted by Crippen LogP contribution is 2.39. The first-order valence-corrected chi connectivity index (χ1v) is 6.59. The molecule has 0 fully saturated rings. The number of aliphatic carboxylic acids is 1. The maximum Gasteiger partial charge on any atom is 0.309 e. The molecule has 0 saturated heterocycles. The Morgan fingerprint density at radius 2 is 1.94 bits per heavy atom. The van der Waals surface area contributed by atoms with Crippen molar-refractivity contribution in [3.63, 3.8) is 0 Å². The number of aliphatic hydroxyl groups excluding tert-OH is 1. The molecule has 0 radical (unpaired) electrons. The van der Waals surface area contributed by atoms with Gasteiger partial charge in [0.05, 0.1) is 5.41 Å². The standard InChI is InChI=1S/C15H20O3/c16-10-4-3-8-15(14(17)18)9-7-12-5-1-2-6-13(12)11-15/h1-2,5-6,16H,3-4,7-11H2,(H,17,18). The van der Waals surface area contributed by atoms with Gasteiger partial charge in [0.1, 0.15) is 0 Å². The highest BCUT2D eigenvalue weighted by molar-refractivity contribution is 5.75. The predicted octanol–water partition coefficient (Wildman–Crippen LogP) is 2.41. The fraction of sp³-hybridized carbons (Fsp3) is 0.533. The van der Waals surface area contributed by atoms with Crippen molar-refractivity contribution < 1.29 is 15.0 Å². The van der Waals surface area contributed by atoms with Crippen LogP contribution in [0.1, 0.15) is 36.8 Å². The zero-order valence-corrected chi connectivity index (χ0v) is 10.6. The molecule has 3 heteroatoms. The summed E-state index contributed by atoms with van der Waals surface area (Å²) in [5.41, 5.74) is 1.84. The molecule has 1 aliphatic carbocycles. The van der Waals surface area contributed by atoms with Crippen molar-refractivity contribution in [1.82, 2.24) is 0 Å². The summed E-state index contributed by atoms with van der Waals surface area (Å²) in [4.78, 5) is 11.6. The van der Waals surface area contributed by atoms with Gasteiger partial charge in [-0.05, 0) is 43.2 Å². The van der Waals surface area contributed by atoms with Crippen molar-refractivity contribution in [2.24, 2.45) is 5.41 Å². The number of carbonyl (C=O) groups is 1. The zero-order valence-electron chi connectivity index (χ0n) is 10.6. The fourth-order valence-electron chi connectivity index (χ4n) is 2.88. The highest BCUT2D eigenvalue weighted by atomic mass is 16.4. The maximum atomic E-state index is 11.6. The summed E-state index contributed by atoms with van der Waals surface area (Å²) in [6, 6.07) is 8.12. The summed E-state index contributed by atoms with van der Waals surface area (Å²) in [7, 11) is 0. The molecule has 1 aromatic carbocycles. The number of hydrogen-bond acceptors (Lipinski definition) is 2. The molecule has 2 N–H and O–H groups in total. The normalized spacial score (nSPS) is 22.5. The Morgan fingerprint density at radius 3 is 2.61 bits per heavy atom. The molecule has 98 valence electrons. The first-order chi connectivity index (χ1) is 8.68. The number of hydrogen-bond donors (Lipinski definition) is 2. The Bertz CT molecular complexity index is 428. The minimum atomic E-state index is -0.685. The van der Waals surface area contributed by atoms with Gasteiger partial charge in [0, 0.05) is 6.61 Å². The lowest BCUT2D eigenvalue weighted by atomic mass is 9.69. The quantitative estimate of drug-likeness (QED) is 0.787. The summed E-state index contributed by atoms with van der Waals surface area (Å²) >= 11 is 0. The topological polar surface area (TPSA) is 57.5 Å². The number of aryl methyl sites for hydroxylation is 1. The van der Waals surface area contributed by atoms with Gasteiger partial charge >= 0.3 is 5.97 Å². The van der Waals surface area contributed by atoms with Crippen molar-refractivity contribution in [1.29, 1.82) is 0 Å². The van der Waals surface area contributed by atoms with Gasteiger partial charge in [-0.15, -0.1) is 0 Å². The van der Waals surface area contributed by atoms with Crippen LogP contribution in [0.3, 0.4) is 0 Å². The van der Waals surface area contributed by atoms with Crippen LogP contribution >= 0.6 is 0 Å². The number of unbranched alkanes of at least 4 members (excludes halogenated alkanes) is 1. The van der Waals surface area contributed by atoms with Crippen LogP contribution in [0.15, 0.2) is 24.3 Å². The number of carboxylic acids is 1. The van der Waals surface area contributed by atoms with Gasteiger partial charge < -0.3 is 10.2 Å². The minimum absolute atomic E-state index is 0.145. The summed E-state index contributed by atoms with van der Waals surface area (Å²) in [6.45, 7) is 0.145. The molecule has 2 rings (SSSR count). The molecule has 0 spiro atoms. The van der Waals surface area contributed by atoms with E-state index in [2.05, 4.69) is 6.07 Å². The van der Waals surface area contributed by atoms with Crippen molar-refractivity contribution >= 4 is 5.97 Å². The van der Waals surface area contributed by atoms with E-state index in [1.165, 1.54) is 11.1 Å². The third kappa shape index (κ3) is 2.56. The van der Waals surface area contributed by atoms with Gasteiger partial charge in [0.15, 0.2) is 0 Å². The summed E-state index contributed by atoms with van der Waals surface area (Å²) in [5.74, 6) is -0.685. The Morgan fingerprint density at radius 1 is 1.22 bits per heavy atom. The van der Waals surface area contributed by atoms with Crippen LogP contribution in [-0.4, -0.2) is 22.8 Å². The highest BCUT2D eigenvalue weighted by Gasteiger charge is 2.40. The van der Waals surface area contributed by atoms with E-state index in [4.69, 9.17) is 5.11 Å². The summed E-state index contributed by atoms with van der Waals surface area (Å²) < 4.78 is 0. The Hall–Kier alpha value is -1.35. The van der Waals surface area contributed by atoms with E-state index in [-0.39, 0.29) is 6.61 Å². The lowest BCUT2D eigenvalue weighted by Gasteiger charge is -2.34. The number of carboxylic acid groups (broad SMARTS) is 1. The van der Waals surface area contributed by atoms with Crippen LogP contribution in [-0.2, 0) is 17.6 Å². The monoisotopic (exact) mass is 248 g/mol. The fourth-order valence-corrected chi connectivity index (χ4v) is 2.88. The van der Waals surface area contributed by atoms with Crippen molar-refractivity contribution in [2.45, 2.75) is 38.5 Å². The first kappa shape index (κ1) is 13.1. The van der Waals surface area contributed by atoms with Gasteiger partial charge in [-0.1, -0.05) is 30.7 Å². The largest absolute Gasteiger partial charge is 0.481 e. The van der Waals surface area contributed by atoms with Crippen LogP contribution < -0.4 is 0 Å². The van der Waals surface area contributed by atoms with E-state index in [1.54, 1.807) is 0 Å². The van der Waals surface area contributed by atoms with Crippen molar-refractivity contribution in [3.8, 4) is 0 Å². The number of aliphatic hydroxyl groups is 1. The molecule has 1 atom stereocenters. The van der Waals surface area contributed by atoms with E-state index in [1.807, 2.05) is 18.2 Å². The minimum Gasteiger partial charge on any atom is -0.481 e. The van der Waals surface area contributed by atoms with E-state index < -0.39 is 11.4 Å². The molecule has 1 aliphatic rings. The number of rotatable bonds is 5. The molecule has 18 heavy (non-hydrogen) atoms. The van der Waals surface area contributed by atoms with Crippen LogP contribution in [0.4, 0.5) is 0 Å². The van der Waals surface area contributed by atoms with Crippen LogP contribution in [0.25, 0.3) is 0 Å². The van der Waals surface area contributed by atoms with Gasteiger partial charge in [-0.3, -0.25) is 4.79 Å². The summed E-state index contributed by atoms with van der Waals surface area (Å²) in [6.07, 6.45) is 4.33. The zero-order chi connectivity index (χ0) is 13.0. The van der Waals surface area contributed by atoms with Crippen LogP contribution in [0, 0.1) is 5.41 Å². The van der Waals surface area contributed by atoms with Crippen molar-refractivity contribution in [3.05, 3.63) is 35.4 Å². The number of benzene rings is 1. The second-order valence-corrected chi connectivity index (χ2v) is 5.21. The Kier molecular flexibility index (Phi) is 4.02. The Labute approximate surface area is 107 Å². The lowest BCUT2D eigenvalue weighted by Crippen LogP contribution is -2.37. The molecule has 0 amide bonds. The van der Waals surface area contributed by atoms with E-state index in [9.17, 15) is 9.90 Å². The van der Waals surface area contributed by atoms with Crippen LogP contribution in [0.5, 0.6) is 0 Å². The molecule has 1 aromatic rings. The molecule has 3 nitrogen and oxygen atoms in total. The predicted molar refractivity (Wildman–Crippen MR) is 69.5 cm³/mol. The van der Waals surface area contributed by atoms with Gasteiger partial charge in [0.25, 0.3) is 0 Å². The average Bonchev–Trinajstić information content (AvgIpc) is 2.38. The van der Waals surface area contributed by atoms with E-state index >= 15 is 0 Å². The van der Waals surface area contributed by atoms with Gasteiger partial charge in [-0.2, -0.15) is 0 Å². The summed E-state index contributed by atoms with van der Waals surface area (Å²) in [5, 5.41) is 18.4. The molecular weight excluding hydrogens is 228 g/mol. The van der Waals surface area contributed by atoms with Crippen LogP contribution in [0.2, 0.25) is 0 Å². The molecule has 0 heterocycles. The third-order valence-corrected chi connectivity index (χ3v) is 4.04. The molecule has 0 bridgehead atoms.